The first-order valence-corrected chi connectivity index (χ1v) is 4.96. The van der Waals surface area contributed by atoms with Gasteiger partial charge in [-0.05, 0) is 24.3 Å². The predicted octanol–water partition coefficient (Wildman–Crippen LogP) is 2.97. The molecule has 3 nitrogen and oxygen atoms in total. The fraction of sp³-hybridized carbons (Fsp3) is 0.0833. The molecule has 2 rings (SSSR count). The van der Waals surface area contributed by atoms with Gasteiger partial charge in [0.15, 0.2) is 6.29 Å². The smallest absolute Gasteiger partial charge is 0.298 e. The number of carbonyl (C=O) groups is 1. The molecule has 6 heteroatoms. The second kappa shape index (κ2) is 4.56. The summed E-state index contributed by atoms with van der Waals surface area (Å²) < 4.78 is 37.4. The van der Waals surface area contributed by atoms with E-state index in [-0.39, 0.29) is 11.4 Å². The third kappa shape index (κ3) is 2.53. The molecule has 92 valence electrons. The number of rotatable bonds is 2. The molecule has 0 aliphatic carbocycles. The Labute approximate surface area is 100 Å². The molecule has 0 aliphatic heterocycles. The van der Waals surface area contributed by atoms with Crippen molar-refractivity contribution in [3.05, 3.63) is 47.8 Å². The Morgan fingerprint density at radius 2 is 1.83 bits per heavy atom. The number of aromatic nitrogens is 2. The monoisotopic (exact) mass is 252 g/mol. The van der Waals surface area contributed by atoms with E-state index in [1.807, 2.05) is 0 Å². The number of hydrogen-bond acceptors (Lipinski definition) is 3. The second-order valence-corrected chi connectivity index (χ2v) is 3.50. The maximum atomic E-state index is 12.5. The third-order valence-electron chi connectivity index (χ3n) is 2.22. The van der Waals surface area contributed by atoms with Crippen LogP contribution in [-0.2, 0) is 6.18 Å². The summed E-state index contributed by atoms with van der Waals surface area (Å²) in [5.74, 6) is 0. The average molecular weight is 252 g/mol. The Balaban J connectivity index is 2.41. The lowest BCUT2D eigenvalue weighted by Crippen LogP contribution is -2.08. The van der Waals surface area contributed by atoms with Crippen LogP contribution in [0.5, 0.6) is 0 Å². The van der Waals surface area contributed by atoms with Gasteiger partial charge in [0.05, 0.1) is 11.4 Å². The standard InChI is InChI=1S/C12H7F3N2O/c13-12(14,15)11-3-1-2-10(17-11)9-5-4-8(7-18)6-16-9/h1-7H. The molecule has 0 amide bonds. The number of hydrogen-bond donors (Lipinski definition) is 0. The van der Waals surface area contributed by atoms with Gasteiger partial charge in [-0.3, -0.25) is 9.78 Å². The SMILES string of the molecule is O=Cc1ccc(-c2cccc(C(F)(F)F)n2)nc1. The zero-order valence-electron chi connectivity index (χ0n) is 8.98. The van der Waals surface area contributed by atoms with Crippen LogP contribution >= 0.6 is 0 Å². The van der Waals surface area contributed by atoms with Crippen molar-refractivity contribution in [3.8, 4) is 11.4 Å². The van der Waals surface area contributed by atoms with Crippen molar-refractivity contribution in [2.75, 3.05) is 0 Å². The summed E-state index contributed by atoms with van der Waals surface area (Å²) in [7, 11) is 0. The van der Waals surface area contributed by atoms with E-state index in [1.165, 1.54) is 30.5 Å². The van der Waals surface area contributed by atoms with Crippen molar-refractivity contribution < 1.29 is 18.0 Å². The first-order valence-electron chi connectivity index (χ1n) is 4.96. The summed E-state index contributed by atoms with van der Waals surface area (Å²) in [6.07, 6.45) is -2.60. The fourth-order valence-electron chi connectivity index (χ4n) is 1.36. The van der Waals surface area contributed by atoms with Gasteiger partial charge in [-0.25, -0.2) is 4.98 Å². The number of halogens is 3. The van der Waals surface area contributed by atoms with Crippen LogP contribution in [0.4, 0.5) is 13.2 Å². The highest BCUT2D eigenvalue weighted by Crippen LogP contribution is 2.28. The molecule has 0 unspecified atom stereocenters. The van der Waals surface area contributed by atoms with Crippen LogP contribution in [0.15, 0.2) is 36.5 Å². The molecule has 0 radical (unpaired) electrons. The van der Waals surface area contributed by atoms with Crippen LogP contribution in [0.2, 0.25) is 0 Å². The molecule has 0 saturated carbocycles. The average Bonchev–Trinajstić information content (AvgIpc) is 2.38. The first kappa shape index (κ1) is 12.2. The molecule has 18 heavy (non-hydrogen) atoms. The van der Waals surface area contributed by atoms with E-state index in [0.29, 0.717) is 11.8 Å². The van der Waals surface area contributed by atoms with Gasteiger partial charge in [-0.1, -0.05) is 6.07 Å². The number of alkyl halides is 3. The zero-order valence-corrected chi connectivity index (χ0v) is 8.98. The summed E-state index contributed by atoms with van der Waals surface area (Å²) in [4.78, 5) is 17.8. The summed E-state index contributed by atoms with van der Waals surface area (Å²) in [6.45, 7) is 0. The van der Waals surface area contributed by atoms with Crippen molar-refractivity contribution in [3.63, 3.8) is 0 Å². The van der Waals surface area contributed by atoms with Gasteiger partial charge in [0, 0.05) is 11.8 Å². The van der Waals surface area contributed by atoms with Gasteiger partial charge in [0.2, 0.25) is 0 Å². The Bertz CT molecular complexity index is 564. The molecule has 0 aromatic carbocycles. The topological polar surface area (TPSA) is 42.9 Å². The molecule has 0 N–H and O–H groups in total. The largest absolute Gasteiger partial charge is 0.433 e. The Kier molecular flexibility index (Phi) is 3.10. The van der Waals surface area contributed by atoms with E-state index in [2.05, 4.69) is 9.97 Å². The lowest BCUT2D eigenvalue weighted by atomic mass is 10.2. The van der Waals surface area contributed by atoms with Gasteiger partial charge >= 0.3 is 6.18 Å². The highest BCUT2D eigenvalue weighted by molar-refractivity contribution is 5.74. The van der Waals surface area contributed by atoms with E-state index >= 15 is 0 Å². The van der Waals surface area contributed by atoms with Crippen LogP contribution in [0.25, 0.3) is 11.4 Å². The summed E-state index contributed by atoms with van der Waals surface area (Å²) in [6, 6.07) is 6.51. The summed E-state index contributed by atoms with van der Waals surface area (Å²) in [5.41, 5.74) is -0.221. The number of carbonyl (C=O) groups excluding carboxylic acids is 1. The lowest BCUT2D eigenvalue weighted by molar-refractivity contribution is -0.141. The van der Waals surface area contributed by atoms with Gasteiger partial charge in [0.1, 0.15) is 5.69 Å². The van der Waals surface area contributed by atoms with Crippen molar-refractivity contribution in [1.29, 1.82) is 0 Å². The predicted molar refractivity (Wildman–Crippen MR) is 57.9 cm³/mol. The highest BCUT2D eigenvalue weighted by atomic mass is 19.4. The van der Waals surface area contributed by atoms with Crippen molar-refractivity contribution >= 4 is 6.29 Å². The minimum absolute atomic E-state index is 0.113. The number of aldehydes is 1. The first-order chi connectivity index (χ1) is 8.50. The minimum Gasteiger partial charge on any atom is -0.298 e. The molecule has 0 fully saturated rings. The quantitative estimate of drug-likeness (QED) is 0.771. The molecule has 0 saturated heterocycles. The van der Waals surface area contributed by atoms with E-state index < -0.39 is 11.9 Å². The summed E-state index contributed by atoms with van der Waals surface area (Å²) >= 11 is 0. The van der Waals surface area contributed by atoms with E-state index in [9.17, 15) is 18.0 Å². The van der Waals surface area contributed by atoms with Crippen molar-refractivity contribution in [1.82, 2.24) is 9.97 Å². The van der Waals surface area contributed by atoms with Crippen molar-refractivity contribution in [2.24, 2.45) is 0 Å². The molecule has 0 atom stereocenters. The minimum atomic E-state index is -4.49. The molecule has 0 bridgehead atoms. The second-order valence-electron chi connectivity index (χ2n) is 3.50. The summed E-state index contributed by atoms with van der Waals surface area (Å²) in [5, 5.41) is 0. The molecule has 2 aromatic rings. The Hall–Kier alpha value is -2.24. The van der Waals surface area contributed by atoms with Crippen LogP contribution in [0.1, 0.15) is 16.1 Å². The molecule has 2 aromatic heterocycles. The van der Waals surface area contributed by atoms with Gasteiger partial charge in [0.25, 0.3) is 0 Å². The van der Waals surface area contributed by atoms with Crippen LogP contribution in [0, 0.1) is 0 Å². The maximum absolute atomic E-state index is 12.5. The van der Waals surface area contributed by atoms with Crippen molar-refractivity contribution in [2.45, 2.75) is 6.18 Å². The van der Waals surface area contributed by atoms with E-state index in [1.54, 1.807) is 0 Å². The number of pyridine rings is 2. The number of nitrogens with zero attached hydrogens (tertiary/aromatic N) is 2. The fourth-order valence-corrected chi connectivity index (χ4v) is 1.36. The van der Waals surface area contributed by atoms with Gasteiger partial charge in [-0.15, -0.1) is 0 Å². The van der Waals surface area contributed by atoms with E-state index in [0.717, 1.165) is 6.07 Å². The zero-order chi connectivity index (χ0) is 13.2. The third-order valence-corrected chi connectivity index (χ3v) is 2.22. The highest BCUT2D eigenvalue weighted by Gasteiger charge is 2.32. The van der Waals surface area contributed by atoms with Crippen LogP contribution in [0.3, 0.4) is 0 Å². The van der Waals surface area contributed by atoms with E-state index in [4.69, 9.17) is 0 Å². The van der Waals surface area contributed by atoms with Gasteiger partial charge in [-0.2, -0.15) is 13.2 Å². The Morgan fingerprint density at radius 3 is 2.39 bits per heavy atom. The lowest BCUT2D eigenvalue weighted by Gasteiger charge is -2.07. The van der Waals surface area contributed by atoms with Crippen LogP contribution in [-0.4, -0.2) is 16.3 Å². The molecular formula is C12H7F3N2O. The van der Waals surface area contributed by atoms with Crippen LogP contribution < -0.4 is 0 Å². The maximum Gasteiger partial charge on any atom is 0.433 e. The molecule has 0 aliphatic rings. The molecule has 2 heterocycles. The molecular weight excluding hydrogens is 245 g/mol. The normalized spacial score (nSPS) is 11.3. The molecule has 0 spiro atoms. The van der Waals surface area contributed by atoms with Gasteiger partial charge < -0.3 is 0 Å². The Morgan fingerprint density at radius 1 is 1.06 bits per heavy atom.